The molecule has 0 aliphatic carbocycles. The largest absolute Gasteiger partial charge is 0.385 e. The number of aliphatic hydroxyl groups excluding tert-OH is 1. The fourth-order valence-electron chi connectivity index (χ4n) is 4.13. The fourth-order valence-corrected chi connectivity index (χ4v) is 4.78. The van der Waals surface area contributed by atoms with Crippen LogP contribution in [0.4, 0.5) is 0 Å². The number of halogens is 1. The van der Waals surface area contributed by atoms with Gasteiger partial charge in [-0.3, -0.25) is 4.99 Å². The van der Waals surface area contributed by atoms with Gasteiger partial charge in [-0.25, -0.2) is 0 Å². The van der Waals surface area contributed by atoms with E-state index in [1.165, 1.54) is 103 Å². The van der Waals surface area contributed by atoms with Gasteiger partial charge in [0.25, 0.3) is 0 Å². The molecule has 0 amide bonds. The highest BCUT2D eigenvalue weighted by atomic mass is 79.9. The van der Waals surface area contributed by atoms with Crippen molar-refractivity contribution in [2.45, 2.75) is 134 Å². The number of unbranched alkanes of at least 4 members (excludes halogenated alkanes) is 16. The number of likely N-dealkylation sites (N-methyl/N-ethyl adjacent to an activating group) is 1. The Morgan fingerprint density at radius 2 is 1.21 bits per heavy atom. The number of aliphatic hydroxyl groups is 1. The first kappa shape index (κ1) is 25.9. The molecule has 0 spiro atoms. The second kappa shape index (κ2) is 17.7. The Balaban J connectivity index is 1.77. The van der Waals surface area contributed by atoms with E-state index in [1.54, 1.807) is 0 Å². The molecule has 0 bridgehead atoms. The lowest BCUT2D eigenvalue weighted by atomic mass is 10.0. The van der Waals surface area contributed by atoms with Crippen molar-refractivity contribution in [1.29, 1.82) is 0 Å². The van der Waals surface area contributed by atoms with Crippen LogP contribution in [0.3, 0.4) is 0 Å². The minimum atomic E-state index is -0.385. The molecule has 2 atom stereocenters. The number of amidine groups is 1. The van der Waals surface area contributed by atoms with E-state index in [4.69, 9.17) is 0 Å². The second-order valence-corrected chi connectivity index (χ2v) is 9.82. The molecule has 0 aromatic rings. The summed E-state index contributed by atoms with van der Waals surface area (Å²) in [5.41, 5.74) is 0. The van der Waals surface area contributed by atoms with Gasteiger partial charge in [0.05, 0.1) is 6.54 Å². The normalized spacial score (nSPS) is 17.9. The SMILES string of the molecule is CCCCCCCCCCCCCCCCCCCC(O)C1=NC(Br)CN1C. The first-order valence-corrected chi connectivity index (χ1v) is 13.2. The van der Waals surface area contributed by atoms with Crippen molar-refractivity contribution in [2.24, 2.45) is 4.99 Å². The van der Waals surface area contributed by atoms with Crippen LogP contribution < -0.4 is 0 Å². The minimum absolute atomic E-state index is 0.151. The smallest absolute Gasteiger partial charge is 0.129 e. The van der Waals surface area contributed by atoms with E-state index in [9.17, 15) is 5.11 Å². The third-order valence-corrected chi connectivity index (χ3v) is 6.46. The van der Waals surface area contributed by atoms with Crippen molar-refractivity contribution in [3.05, 3.63) is 0 Å². The molecule has 2 unspecified atom stereocenters. The molecule has 4 heteroatoms. The van der Waals surface area contributed by atoms with Gasteiger partial charge in [0, 0.05) is 7.05 Å². The summed E-state index contributed by atoms with van der Waals surface area (Å²) >= 11 is 3.50. The number of hydrogen-bond acceptors (Lipinski definition) is 3. The molecule has 0 radical (unpaired) electrons. The number of nitrogens with zero attached hydrogens (tertiary/aromatic N) is 2. The van der Waals surface area contributed by atoms with Crippen LogP contribution in [0.15, 0.2) is 4.99 Å². The van der Waals surface area contributed by atoms with Crippen LogP contribution in [0.25, 0.3) is 0 Å². The predicted octanol–water partition coefficient (Wildman–Crippen LogP) is 7.45. The van der Waals surface area contributed by atoms with Gasteiger partial charge < -0.3 is 10.0 Å². The summed E-state index contributed by atoms with van der Waals surface area (Å²) in [5.74, 6) is 0.860. The number of alkyl halides is 1. The third-order valence-electron chi connectivity index (χ3n) is 5.97. The third kappa shape index (κ3) is 13.2. The second-order valence-electron chi connectivity index (χ2n) is 8.76. The fraction of sp³-hybridized carbons (Fsp3) is 0.958. The molecule has 1 aliphatic rings. The number of rotatable bonds is 19. The van der Waals surface area contributed by atoms with Gasteiger partial charge in [-0.2, -0.15) is 0 Å². The summed E-state index contributed by atoms with van der Waals surface area (Å²) in [4.78, 5) is 6.69. The van der Waals surface area contributed by atoms with Gasteiger partial charge in [-0.15, -0.1) is 0 Å². The molecule has 166 valence electrons. The van der Waals surface area contributed by atoms with E-state index >= 15 is 0 Å². The molecule has 0 fully saturated rings. The van der Waals surface area contributed by atoms with Gasteiger partial charge in [-0.1, -0.05) is 132 Å². The summed E-state index contributed by atoms with van der Waals surface area (Å²) in [6.45, 7) is 3.16. The monoisotopic (exact) mass is 458 g/mol. The summed E-state index contributed by atoms with van der Waals surface area (Å²) in [7, 11) is 2.01. The highest BCUT2D eigenvalue weighted by molar-refractivity contribution is 9.09. The Bertz CT molecular complexity index is 389. The van der Waals surface area contributed by atoms with E-state index in [1.807, 2.05) is 7.05 Å². The van der Waals surface area contributed by atoms with Crippen molar-refractivity contribution in [1.82, 2.24) is 4.90 Å². The highest BCUT2D eigenvalue weighted by Crippen LogP contribution is 2.18. The lowest BCUT2D eigenvalue weighted by molar-refractivity contribution is 0.213. The van der Waals surface area contributed by atoms with E-state index in [-0.39, 0.29) is 11.1 Å². The maximum atomic E-state index is 10.3. The van der Waals surface area contributed by atoms with Crippen molar-refractivity contribution in [3.63, 3.8) is 0 Å². The van der Waals surface area contributed by atoms with Crippen LogP contribution in [0.1, 0.15) is 122 Å². The molecule has 1 aliphatic heterocycles. The first-order valence-electron chi connectivity index (χ1n) is 12.3. The Hall–Kier alpha value is -0.0900. The molecule has 0 saturated heterocycles. The molecule has 0 aromatic heterocycles. The van der Waals surface area contributed by atoms with Gasteiger partial charge in [-0.05, 0) is 6.42 Å². The summed E-state index contributed by atoms with van der Waals surface area (Å²) in [6.07, 6.45) is 24.1. The van der Waals surface area contributed by atoms with Gasteiger partial charge in [0.1, 0.15) is 16.9 Å². The molecular weight excluding hydrogens is 412 g/mol. The topological polar surface area (TPSA) is 35.8 Å². The number of aliphatic imine (C=N–C) groups is 1. The molecule has 1 rings (SSSR count). The van der Waals surface area contributed by atoms with Crippen molar-refractivity contribution >= 4 is 21.8 Å². The Labute approximate surface area is 183 Å². The molecular formula is C24H47BrN2O. The van der Waals surface area contributed by atoms with Crippen molar-refractivity contribution in [3.8, 4) is 0 Å². The average Bonchev–Trinajstić information content (AvgIpc) is 3.02. The van der Waals surface area contributed by atoms with Gasteiger partial charge in [0.2, 0.25) is 0 Å². The quantitative estimate of drug-likeness (QED) is 0.124. The zero-order valence-corrected chi connectivity index (χ0v) is 20.4. The zero-order valence-electron chi connectivity index (χ0n) is 18.8. The molecule has 0 saturated carbocycles. The van der Waals surface area contributed by atoms with Crippen molar-refractivity contribution < 1.29 is 5.11 Å². The lowest BCUT2D eigenvalue weighted by Gasteiger charge is -2.18. The summed E-state index contributed by atoms with van der Waals surface area (Å²) in [6, 6.07) is 0. The van der Waals surface area contributed by atoms with Crippen LogP contribution >= 0.6 is 15.9 Å². The van der Waals surface area contributed by atoms with Crippen LogP contribution in [0.2, 0.25) is 0 Å². The summed E-state index contributed by atoms with van der Waals surface area (Å²) < 4.78 is 0. The average molecular weight is 460 g/mol. The molecule has 28 heavy (non-hydrogen) atoms. The van der Waals surface area contributed by atoms with Crippen LogP contribution in [-0.2, 0) is 0 Å². The minimum Gasteiger partial charge on any atom is -0.385 e. The first-order chi connectivity index (χ1) is 13.6. The molecule has 1 N–H and O–H groups in total. The van der Waals surface area contributed by atoms with E-state index < -0.39 is 0 Å². The highest BCUT2D eigenvalue weighted by Gasteiger charge is 2.25. The predicted molar refractivity (Wildman–Crippen MR) is 128 cm³/mol. The van der Waals surface area contributed by atoms with Crippen molar-refractivity contribution in [2.75, 3.05) is 13.6 Å². The number of hydrogen-bond donors (Lipinski definition) is 1. The van der Waals surface area contributed by atoms with Crippen LogP contribution in [0, 0.1) is 0 Å². The Kier molecular flexibility index (Phi) is 16.4. The molecule has 0 aromatic carbocycles. The summed E-state index contributed by atoms with van der Waals surface area (Å²) in [5, 5.41) is 10.3. The van der Waals surface area contributed by atoms with Crippen LogP contribution in [0.5, 0.6) is 0 Å². The van der Waals surface area contributed by atoms with Crippen LogP contribution in [-0.4, -0.2) is 40.5 Å². The molecule has 3 nitrogen and oxygen atoms in total. The van der Waals surface area contributed by atoms with E-state index in [0.29, 0.717) is 0 Å². The van der Waals surface area contributed by atoms with E-state index in [0.717, 1.165) is 25.2 Å². The maximum absolute atomic E-state index is 10.3. The Morgan fingerprint density at radius 3 is 1.57 bits per heavy atom. The van der Waals surface area contributed by atoms with E-state index in [2.05, 4.69) is 32.7 Å². The standard InChI is InChI=1S/C24H47BrN2O/c1-3-4-5-6-7-8-9-10-11-12-13-14-15-16-17-18-19-20-22(28)24-26-23(25)21-27(24)2/h22-23,28H,3-21H2,1-2H3. The maximum Gasteiger partial charge on any atom is 0.129 e. The van der Waals surface area contributed by atoms with Gasteiger partial charge in [0.15, 0.2) is 0 Å². The zero-order chi connectivity index (χ0) is 20.5. The lowest BCUT2D eigenvalue weighted by Crippen LogP contribution is -2.33. The molecule has 1 heterocycles. The Morgan fingerprint density at radius 1 is 0.821 bits per heavy atom. The van der Waals surface area contributed by atoms with Gasteiger partial charge >= 0.3 is 0 Å².